The van der Waals surface area contributed by atoms with Crippen molar-refractivity contribution in [3.8, 4) is 0 Å². The minimum absolute atomic E-state index is 0. The van der Waals surface area contributed by atoms with Gasteiger partial charge in [-0.15, -0.1) is 11.5 Å². The van der Waals surface area contributed by atoms with E-state index in [1.807, 2.05) is 0 Å². The Hall–Kier alpha value is -0.428. The molecule has 0 N–H and O–H groups in total. The van der Waals surface area contributed by atoms with Gasteiger partial charge < -0.3 is 0 Å². The summed E-state index contributed by atoms with van der Waals surface area (Å²) in [6, 6.07) is 0. The first-order valence-electron chi connectivity index (χ1n) is 1.41. The Morgan fingerprint density at radius 2 is 0.714 bits per heavy atom. The molecule has 0 aliphatic carbocycles. The van der Waals surface area contributed by atoms with Crippen LogP contribution in [0.15, 0.2) is 37.8 Å². The molecule has 0 aliphatic heterocycles. The molecule has 0 saturated heterocycles. The van der Waals surface area contributed by atoms with E-state index in [4.69, 9.17) is 0 Å². The Balaban J connectivity index is -0.0000000400. The molecule has 0 unspecified atom stereocenters. The van der Waals surface area contributed by atoms with E-state index in [1.54, 1.807) is 0 Å². The fourth-order valence-corrected chi connectivity index (χ4v) is 0. The first-order valence-corrected chi connectivity index (χ1v) is 1.41. The van der Waals surface area contributed by atoms with Crippen LogP contribution in [0.25, 0.3) is 0 Å². The summed E-state index contributed by atoms with van der Waals surface area (Å²) in [5.74, 6) is 0. The van der Waals surface area contributed by atoms with Crippen molar-refractivity contribution in [3.63, 3.8) is 0 Å². The molecule has 0 saturated carbocycles. The van der Waals surface area contributed by atoms with Crippen molar-refractivity contribution in [1.82, 2.24) is 0 Å². The molecule has 0 aromatic rings. The molecule has 1 heteroatoms. The predicted molar refractivity (Wildman–Crippen MR) is 29.5 cm³/mol. The third kappa shape index (κ3) is 389. The van der Waals surface area contributed by atoms with Crippen LogP contribution in [0.5, 0.6) is 0 Å². The smallest absolute Gasteiger partial charge is 0 e. The molecule has 0 radical (unpaired) electrons. The first-order chi connectivity index (χ1) is 2.83. The Morgan fingerprint density at radius 3 is 0.714 bits per heavy atom. The zero-order valence-electron chi connectivity index (χ0n) is 4.24. The summed E-state index contributed by atoms with van der Waals surface area (Å²) in [6.45, 7) is 12.5. The molecular weight excluding hydrogens is 124 g/mol. The van der Waals surface area contributed by atoms with E-state index < -0.39 is 0 Å². The van der Waals surface area contributed by atoms with Gasteiger partial charge in [-0.1, -0.05) is 26.3 Å². The summed E-state index contributed by atoms with van der Waals surface area (Å²) in [7, 11) is 0. The normalized spacial score (nSPS) is 2.29. The number of hydrogen-bond acceptors (Lipinski definition) is 0. The fraction of sp³-hybridized carbons (Fsp3) is 0. The van der Waals surface area contributed by atoms with Gasteiger partial charge in [0.1, 0.15) is 0 Å². The van der Waals surface area contributed by atoms with Crippen LogP contribution in [0.4, 0.5) is 0 Å². The standard InChI is InChI=1S/2C3H4.Cr/c2*1-3-2;/h2*1-2H2;. The second kappa shape index (κ2) is 47.1. The van der Waals surface area contributed by atoms with Crippen LogP contribution in [-0.4, -0.2) is 0 Å². The second-order valence-electron chi connectivity index (χ2n) is 0.500. The van der Waals surface area contributed by atoms with Gasteiger partial charge in [0, 0.05) is 17.4 Å². The second-order valence-corrected chi connectivity index (χ2v) is 0.500. The van der Waals surface area contributed by atoms with E-state index >= 15 is 0 Å². The maximum atomic E-state index is 3.12. The van der Waals surface area contributed by atoms with Gasteiger partial charge in [0.2, 0.25) is 0 Å². The van der Waals surface area contributed by atoms with Crippen molar-refractivity contribution in [3.05, 3.63) is 37.8 Å². The van der Waals surface area contributed by atoms with Crippen LogP contribution in [0.1, 0.15) is 0 Å². The SMILES string of the molecule is C=C=C.C=C=C.[Cr]. The van der Waals surface area contributed by atoms with Gasteiger partial charge in [-0.3, -0.25) is 0 Å². The summed E-state index contributed by atoms with van der Waals surface area (Å²) in [4.78, 5) is 0. The molecule has 38 valence electrons. The van der Waals surface area contributed by atoms with E-state index in [1.165, 1.54) is 0 Å². The molecule has 0 atom stereocenters. The van der Waals surface area contributed by atoms with Crippen molar-refractivity contribution < 1.29 is 17.4 Å². The van der Waals surface area contributed by atoms with Crippen LogP contribution >= 0.6 is 0 Å². The van der Waals surface area contributed by atoms with Crippen molar-refractivity contribution in [2.45, 2.75) is 0 Å². The molecule has 0 rings (SSSR count). The molecule has 0 bridgehead atoms. The minimum Gasteiger partial charge on any atom is -0.137 e. The van der Waals surface area contributed by atoms with Gasteiger partial charge in [-0.05, 0) is 0 Å². The Labute approximate surface area is 55.7 Å². The summed E-state index contributed by atoms with van der Waals surface area (Å²) in [6.07, 6.45) is 0. The van der Waals surface area contributed by atoms with Crippen molar-refractivity contribution >= 4 is 0 Å². The van der Waals surface area contributed by atoms with Gasteiger partial charge in [-0.25, -0.2) is 0 Å². The summed E-state index contributed by atoms with van der Waals surface area (Å²) in [5, 5.41) is 0. The monoisotopic (exact) mass is 132 g/mol. The third-order valence-corrected chi connectivity index (χ3v) is 0. The summed E-state index contributed by atoms with van der Waals surface area (Å²) >= 11 is 0. The van der Waals surface area contributed by atoms with E-state index in [0.717, 1.165) is 0 Å². The molecule has 0 spiro atoms. The maximum absolute atomic E-state index is 3.12. The molecule has 0 fully saturated rings. The molecule has 7 heavy (non-hydrogen) atoms. The van der Waals surface area contributed by atoms with Gasteiger partial charge in [0.25, 0.3) is 0 Å². The van der Waals surface area contributed by atoms with Gasteiger partial charge in [-0.2, -0.15) is 0 Å². The largest absolute Gasteiger partial charge is 0.137 e. The fourth-order valence-electron chi connectivity index (χ4n) is 0. The van der Waals surface area contributed by atoms with Gasteiger partial charge >= 0.3 is 0 Å². The average Bonchev–Trinajstić information content (AvgIpc) is 1.39. The first kappa shape index (κ1) is 16.0. The van der Waals surface area contributed by atoms with Crippen molar-refractivity contribution in [2.75, 3.05) is 0 Å². The Kier molecular flexibility index (Phi) is 108. The van der Waals surface area contributed by atoms with Crippen LogP contribution in [0.3, 0.4) is 0 Å². The molecule has 0 nitrogen and oxygen atoms in total. The minimum atomic E-state index is 0. The van der Waals surface area contributed by atoms with E-state index in [0.29, 0.717) is 0 Å². The molecule has 0 aromatic heterocycles. The van der Waals surface area contributed by atoms with E-state index in [2.05, 4.69) is 37.8 Å². The van der Waals surface area contributed by atoms with Crippen LogP contribution in [-0.2, 0) is 17.4 Å². The molecule has 0 aromatic carbocycles. The third-order valence-electron chi connectivity index (χ3n) is 0. The molecular formula is C6H8Cr. The van der Waals surface area contributed by atoms with Crippen molar-refractivity contribution in [1.29, 1.82) is 0 Å². The Bertz CT molecular complexity index is 58.2. The zero-order valence-corrected chi connectivity index (χ0v) is 5.51. The van der Waals surface area contributed by atoms with Crippen molar-refractivity contribution in [2.24, 2.45) is 0 Å². The predicted octanol–water partition coefficient (Wildman–Crippen LogP) is 1.91. The van der Waals surface area contributed by atoms with Crippen LogP contribution in [0.2, 0.25) is 0 Å². The number of hydrogen-bond donors (Lipinski definition) is 0. The average molecular weight is 132 g/mol. The summed E-state index contributed by atoms with van der Waals surface area (Å²) < 4.78 is 0. The van der Waals surface area contributed by atoms with E-state index in [9.17, 15) is 0 Å². The van der Waals surface area contributed by atoms with Gasteiger partial charge in [0.15, 0.2) is 0 Å². The molecule has 0 amide bonds. The zero-order chi connectivity index (χ0) is 5.41. The topological polar surface area (TPSA) is 0 Å². The molecule has 0 heterocycles. The Morgan fingerprint density at radius 1 is 0.714 bits per heavy atom. The van der Waals surface area contributed by atoms with E-state index in [-0.39, 0.29) is 17.4 Å². The summed E-state index contributed by atoms with van der Waals surface area (Å²) in [5.41, 5.74) is 4.50. The van der Waals surface area contributed by atoms with Gasteiger partial charge in [0.05, 0.1) is 0 Å². The van der Waals surface area contributed by atoms with Crippen LogP contribution in [0, 0.1) is 0 Å². The van der Waals surface area contributed by atoms with Crippen LogP contribution < -0.4 is 0 Å². The quantitative estimate of drug-likeness (QED) is 0.441. The number of rotatable bonds is 0. The maximum Gasteiger partial charge on any atom is 0 e. The molecule has 0 aliphatic rings.